The molecule has 1 fully saturated rings. The molecule has 1 saturated carbocycles. The van der Waals surface area contributed by atoms with E-state index in [4.69, 9.17) is 4.74 Å². The average molecular weight is 221 g/mol. The van der Waals surface area contributed by atoms with E-state index in [0.29, 0.717) is 11.8 Å². The van der Waals surface area contributed by atoms with Crippen LogP contribution in [0.15, 0.2) is 18.2 Å². The van der Waals surface area contributed by atoms with E-state index in [-0.39, 0.29) is 6.04 Å². The fourth-order valence-corrected chi connectivity index (χ4v) is 2.02. The number of hydrogen-bond acceptors (Lipinski definition) is 3. The molecule has 0 heterocycles. The maximum Gasteiger partial charge on any atom is 0.120 e. The van der Waals surface area contributed by atoms with Gasteiger partial charge in [0.2, 0.25) is 0 Å². The van der Waals surface area contributed by atoms with Crippen molar-refractivity contribution in [3.05, 3.63) is 23.8 Å². The highest BCUT2D eigenvalue weighted by atomic mass is 16.5. The molecular weight excluding hydrogens is 202 g/mol. The first-order chi connectivity index (χ1) is 7.70. The lowest BCUT2D eigenvalue weighted by Crippen LogP contribution is -2.36. The molecule has 1 aromatic rings. The molecular formula is C13H19NO2. The SMILES string of the molecule is COc1ccc(O)c(C(C)NC2CCC2)c1. The molecule has 0 bridgehead atoms. The van der Waals surface area contributed by atoms with Crippen LogP contribution in [0.2, 0.25) is 0 Å². The number of phenols is 1. The number of rotatable bonds is 4. The summed E-state index contributed by atoms with van der Waals surface area (Å²) in [6.07, 6.45) is 3.80. The fourth-order valence-electron chi connectivity index (χ4n) is 2.02. The average Bonchev–Trinajstić information content (AvgIpc) is 2.24. The maximum absolute atomic E-state index is 9.81. The number of aromatic hydroxyl groups is 1. The number of methoxy groups -OCH3 is 1. The molecule has 1 aromatic carbocycles. The van der Waals surface area contributed by atoms with Crippen molar-refractivity contribution in [1.29, 1.82) is 0 Å². The van der Waals surface area contributed by atoms with Crippen LogP contribution in [-0.4, -0.2) is 18.3 Å². The summed E-state index contributed by atoms with van der Waals surface area (Å²) in [5, 5.41) is 13.3. The Morgan fingerprint density at radius 2 is 2.19 bits per heavy atom. The van der Waals surface area contributed by atoms with E-state index in [9.17, 15) is 5.11 Å². The standard InChI is InChI=1S/C13H19NO2/c1-9(14-10-4-3-5-10)12-8-11(16-2)6-7-13(12)15/h6-10,14-15H,3-5H2,1-2H3. The molecule has 1 aliphatic carbocycles. The van der Waals surface area contributed by atoms with Crippen LogP contribution in [0, 0.1) is 0 Å². The third-order valence-electron chi connectivity index (χ3n) is 3.29. The van der Waals surface area contributed by atoms with Crippen molar-refractivity contribution >= 4 is 0 Å². The van der Waals surface area contributed by atoms with E-state index >= 15 is 0 Å². The van der Waals surface area contributed by atoms with Gasteiger partial charge in [0.15, 0.2) is 0 Å². The van der Waals surface area contributed by atoms with Crippen molar-refractivity contribution in [2.45, 2.75) is 38.3 Å². The number of benzene rings is 1. The second-order valence-electron chi connectivity index (χ2n) is 4.44. The number of ether oxygens (including phenoxy) is 1. The Bertz CT molecular complexity index is 361. The zero-order valence-electron chi connectivity index (χ0n) is 9.86. The first-order valence-electron chi connectivity index (χ1n) is 5.83. The van der Waals surface area contributed by atoms with Crippen LogP contribution < -0.4 is 10.1 Å². The van der Waals surface area contributed by atoms with E-state index in [1.165, 1.54) is 19.3 Å². The van der Waals surface area contributed by atoms with Crippen molar-refractivity contribution in [2.24, 2.45) is 0 Å². The molecule has 2 N–H and O–H groups in total. The number of hydrogen-bond donors (Lipinski definition) is 2. The minimum absolute atomic E-state index is 0.167. The van der Waals surface area contributed by atoms with Crippen LogP contribution in [-0.2, 0) is 0 Å². The van der Waals surface area contributed by atoms with Gasteiger partial charge in [-0.3, -0.25) is 0 Å². The van der Waals surface area contributed by atoms with Gasteiger partial charge in [0.1, 0.15) is 11.5 Å². The topological polar surface area (TPSA) is 41.5 Å². The van der Waals surface area contributed by atoms with Gasteiger partial charge in [-0.1, -0.05) is 6.42 Å². The van der Waals surface area contributed by atoms with E-state index in [1.807, 2.05) is 6.07 Å². The van der Waals surface area contributed by atoms with Gasteiger partial charge in [-0.25, -0.2) is 0 Å². The van der Waals surface area contributed by atoms with Crippen LogP contribution in [0.1, 0.15) is 37.8 Å². The smallest absolute Gasteiger partial charge is 0.120 e. The zero-order valence-corrected chi connectivity index (χ0v) is 9.86. The van der Waals surface area contributed by atoms with Crippen LogP contribution in [0.5, 0.6) is 11.5 Å². The first-order valence-corrected chi connectivity index (χ1v) is 5.83. The Morgan fingerprint density at radius 3 is 2.75 bits per heavy atom. The number of nitrogens with one attached hydrogen (secondary N) is 1. The van der Waals surface area contributed by atoms with Gasteiger partial charge >= 0.3 is 0 Å². The second kappa shape index (κ2) is 4.74. The molecule has 1 aliphatic rings. The summed E-state index contributed by atoms with van der Waals surface area (Å²) in [5.74, 6) is 1.12. The molecule has 0 aromatic heterocycles. The van der Waals surface area contributed by atoms with Crippen LogP contribution in [0.25, 0.3) is 0 Å². The molecule has 3 heteroatoms. The summed E-state index contributed by atoms with van der Waals surface area (Å²) in [6, 6.07) is 6.13. The van der Waals surface area contributed by atoms with Gasteiger partial charge in [-0.05, 0) is 38.0 Å². The summed E-state index contributed by atoms with van der Waals surface area (Å²) in [4.78, 5) is 0. The molecule has 88 valence electrons. The summed E-state index contributed by atoms with van der Waals surface area (Å²) < 4.78 is 5.17. The molecule has 1 atom stereocenters. The highest BCUT2D eigenvalue weighted by molar-refractivity contribution is 5.41. The predicted molar refractivity (Wildman–Crippen MR) is 63.8 cm³/mol. The molecule has 0 radical (unpaired) electrons. The van der Waals surface area contributed by atoms with Crippen molar-refractivity contribution in [3.8, 4) is 11.5 Å². The minimum atomic E-state index is 0.167. The lowest BCUT2D eigenvalue weighted by molar-refractivity contribution is 0.309. The van der Waals surface area contributed by atoms with Gasteiger partial charge < -0.3 is 15.2 Å². The fraction of sp³-hybridized carbons (Fsp3) is 0.538. The molecule has 16 heavy (non-hydrogen) atoms. The van der Waals surface area contributed by atoms with Gasteiger partial charge in [-0.2, -0.15) is 0 Å². The Hall–Kier alpha value is -1.22. The largest absolute Gasteiger partial charge is 0.508 e. The monoisotopic (exact) mass is 221 g/mol. The van der Waals surface area contributed by atoms with Gasteiger partial charge in [0, 0.05) is 17.6 Å². The molecule has 0 spiro atoms. The molecule has 1 unspecified atom stereocenters. The Kier molecular flexibility index (Phi) is 3.34. The van der Waals surface area contributed by atoms with Gasteiger partial charge in [-0.15, -0.1) is 0 Å². The Morgan fingerprint density at radius 1 is 1.44 bits per heavy atom. The van der Waals surface area contributed by atoms with Gasteiger partial charge in [0.05, 0.1) is 7.11 Å². The third-order valence-corrected chi connectivity index (χ3v) is 3.29. The summed E-state index contributed by atoms with van der Waals surface area (Å²) in [7, 11) is 1.64. The molecule has 2 rings (SSSR count). The predicted octanol–water partition coefficient (Wildman–Crippen LogP) is 2.60. The normalized spacial score (nSPS) is 17.9. The Labute approximate surface area is 96.4 Å². The van der Waals surface area contributed by atoms with Crippen molar-refractivity contribution in [2.75, 3.05) is 7.11 Å². The van der Waals surface area contributed by atoms with E-state index in [1.54, 1.807) is 19.2 Å². The van der Waals surface area contributed by atoms with E-state index in [2.05, 4.69) is 12.2 Å². The number of phenolic OH excluding ortho intramolecular Hbond substituents is 1. The lowest BCUT2D eigenvalue weighted by Gasteiger charge is -2.30. The minimum Gasteiger partial charge on any atom is -0.508 e. The second-order valence-corrected chi connectivity index (χ2v) is 4.44. The van der Waals surface area contributed by atoms with Crippen LogP contribution >= 0.6 is 0 Å². The summed E-state index contributed by atoms with van der Waals surface area (Å²) >= 11 is 0. The van der Waals surface area contributed by atoms with E-state index in [0.717, 1.165) is 11.3 Å². The first kappa shape index (κ1) is 11.3. The molecule has 0 amide bonds. The van der Waals surface area contributed by atoms with E-state index < -0.39 is 0 Å². The molecule has 0 aliphatic heterocycles. The third kappa shape index (κ3) is 2.30. The molecule has 3 nitrogen and oxygen atoms in total. The zero-order chi connectivity index (χ0) is 11.5. The van der Waals surface area contributed by atoms with Crippen LogP contribution in [0.4, 0.5) is 0 Å². The van der Waals surface area contributed by atoms with Crippen LogP contribution in [0.3, 0.4) is 0 Å². The van der Waals surface area contributed by atoms with Crippen molar-refractivity contribution in [3.63, 3.8) is 0 Å². The quantitative estimate of drug-likeness (QED) is 0.821. The van der Waals surface area contributed by atoms with Crippen molar-refractivity contribution < 1.29 is 9.84 Å². The van der Waals surface area contributed by atoms with Crippen molar-refractivity contribution in [1.82, 2.24) is 5.32 Å². The Balaban J connectivity index is 2.10. The van der Waals surface area contributed by atoms with Gasteiger partial charge in [0.25, 0.3) is 0 Å². The maximum atomic E-state index is 9.81. The lowest BCUT2D eigenvalue weighted by atomic mass is 9.91. The highest BCUT2D eigenvalue weighted by Crippen LogP contribution is 2.30. The molecule has 0 saturated heterocycles. The summed E-state index contributed by atoms with van der Waals surface area (Å²) in [6.45, 7) is 2.08. The highest BCUT2D eigenvalue weighted by Gasteiger charge is 2.21. The summed E-state index contributed by atoms with van der Waals surface area (Å²) in [5.41, 5.74) is 0.909.